The molecule has 1 aromatic rings. The third-order valence-corrected chi connectivity index (χ3v) is 1.58. The van der Waals surface area contributed by atoms with Crippen molar-refractivity contribution < 1.29 is 15.0 Å². The lowest BCUT2D eigenvalue weighted by Crippen LogP contribution is -2.82. The molecule has 0 spiro atoms. The minimum absolute atomic E-state index is 0.177. The van der Waals surface area contributed by atoms with Crippen LogP contribution in [0.15, 0.2) is 24.3 Å². The average molecular weight is 180 g/mol. The predicted molar refractivity (Wildman–Crippen MR) is 46.8 cm³/mol. The number of nitrogen functional groups attached to an aromatic ring is 1. The minimum Gasteiger partial charge on any atom is -0.478 e. The monoisotopic (exact) mass is 180 g/mol. The molecule has 0 aliphatic carbocycles. The highest BCUT2D eigenvalue weighted by molar-refractivity contribution is 5.96. The largest absolute Gasteiger partial charge is 0.478 e. The fraction of sp³-hybridized carbons (Fsp3) is 0. The summed E-state index contributed by atoms with van der Waals surface area (Å²) in [6.07, 6.45) is 0. The summed E-state index contributed by atoms with van der Waals surface area (Å²) < 4.78 is 0. The highest BCUT2D eigenvalue weighted by Gasteiger charge is 2.07. The number of hydrogen-bond donors (Lipinski definition) is 4. The molecule has 0 unspecified atom stereocenters. The number of carboxylic acid groups (broad SMARTS) is 1. The van der Waals surface area contributed by atoms with Crippen LogP contribution in [0.25, 0.3) is 0 Å². The molecular weight excluding hydrogens is 170 g/mol. The zero-order valence-electron chi connectivity index (χ0n) is 6.82. The van der Waals surface area contributed by atoms with E-state index < -0.39 is 5.97 Å². The molecular formula is C8H10N3O2+. The number of aromatic carboxylic acids is 1. The number of hydrazone groups is 1. The summed E-state index contributed by atoms with van der Waals surface area (Å²) in [6, 6.07) is 6.19. The number of hydrazine groups is 1. The molecule has 0 radical (unpaired) electrons. The molecule has 5 nitrogen and oxygen atoms in total. The van der Waals surface area contributed by atoms with Gasteiger partial charge in [-0.05, 0) is 18.2 Å². The maximum absolute atomic E-state index is 10.6. The number of nitrogens with two attached hydrogens (primary N) is 2. The van der Waals surface area contributed by atoms with E-state index in [4.69, 9.17) is 16.7 Å². The first-order chi connectivity index (χ1) is 6.15. The van der Waals surface area contributed by atoms with Gasteiger partial charge < -0.3 is 5.11 Å². The van der Waals surface area contributed by atoms with Gasteiger partial charge in [-0.3, -0.25) is 11.6 Å². The van der Waals surface area contributed by atoms with Crippen LogP contribution in [0.1, 0.15) is 15.9 Å². The van der Waals surface area contributed by atoms with Gasteiger partial charge in [0.05, 0.1) is 11.1 Å². The Morgan fingerprint density at radius 3 is 2.54 bits per heavy atom. The van der Waals surface area contributed by atoms with Gasteiger partial charge in [0.15, 0.2) is 0 Å². The van der Waals surface area contributed by atoms with Crippen molar-refractivity contribution in [2.75, 3.05) is 0 Å². The Balaban J connectivity index is 3.13. The van der Waals surface area contributed by atoms with Crippen molar-refractivity contribution in [3.63, 3.8) is 0 Å². The van der Waals surface area contributed by atoms with Crippen molar-refractivity contribution in [2.24, 2.45) is 11.6 Å². The van der Waals surface area contributed by atoms with Gasteiger partial charge in [-0.2, -0.15) is 5.10 Å². The van der Waals surface area contributed by atoms with Crippen molar-refractivity contribution in [3.8, 4) is 0 Å². The number of hydrogen-bond acceptors (Lipinski definition) is 2. The molecule has 13 heavy (non-hydrogen) atoms. The van der Waals surface area contributed by atoms with Crippen molar-refractivity contribution >= 4 is 11.8 Å². The van der Waals surface area contributed by atoms with E-state index in [1.165, 1.54) is 12.1 Å². The predicted octanol–water partition coefficient (Wildman–Crippen LogP) is -1.96. The Bertz CT molecular complexity index is 360. The third kappa shape index (κ3) is 1.96. The maximum Gasteiger partial charge on any atom is 0.335 e. The van der Waals surface area contributed by atoms with Gasteiger partial charge in [0.1, 0.15) is 0 Å². The number of rotatable bonds is 2. The van der Waals surface area contributed by atoms with Crippen molar-refractivity contribution in [2.45, 2.75) is 0 Å². The maximum atomic E-state index is 10.6. The van der Waals surface area contributed by atoms with Crippen LogP contribution in [-0.2, 0) is 0 Å². The van der Waals surface area contributed by atoms with Gasteiger partial charge in [0.25, 0.3) is 5.84 Å². The molecule has 6 N–H and O–H groups in total. The molecule has 0 saturated heterocycles. The van der Waals surface area contributed by atoms with Gasteiger partial charge in [-0.15, -0.1) is 0 Å². The molecule has 0 fully saturated rings. The summed E-state index contributed by atoms with van der Waals surface area (Å²) in [4.78, 5) is 10.6. The number of carbonyl (C=O) groups is 1. The lowest BCUT2D eigenvalue weighted by molar-refractivity contribution is -0.469. The van der Waals surface area contributed by atoms with E-state index in [1.807, 2.05) is 0 Å². The van der Waals surface area contributed by atoms with Crippen LogP contribution in [0.5, 0.6) is 0 Å². The lowest BCUT2D eigenvalue weighted by Gasteiger charge is -1.96. The van der Waals surface area contributed by atoms with Crippen LogP contribution >= 0.6 is 0 Å². The van der Waals surface area contributed by atoms with Crippen LogP contribution in [0.4, 0.5) is 0 Å². The summed E-state index contributed by atoms with van der Waals surface area (Å²) in [5.41, 5.74) is 6.19. The van der Waals surface area contributed by atoms with Crippen molar-refractivity contribution in [1.82, 2.24) is 0 Å². The molecule has 0 aliphatic heterocycles. The summed E-state index contributed by atoms with van der Waals surface area (Å²) in [5.74, 6) is 4.32. The van der Waals surface area contributed by atoms with Crippen molar-refractivity contribution in [1.29, 1.82) is 0 Å². The normalized spacial score (nSPS) is 11.2. The second-order valence-electron chi connectivity index (χ2n) is 2.44. The minimum atomic E-state index is -0.994. The average Bonchev–Trinajstić information content (AvgIpc) is 2.17. The first-order valence-electron chi connectivity index (χ1n) is 3.58. The van der Waals surface area contributed by atoms with E-state index in [0.717, 1.165) is 0 Å². The molecule has 0 bridgehead atoms. The van der Waals surface area contributed by atoms with Crippen molar-refractivity contribution in [3.05, 3.63) is 35.4 Å². The van der Waals surface area contributed by atoms with E-state index in [9.17, 15) is 4.79 Å². The molecule has 5 heteroatoms. The number of benzene rings is 1. The zero-order valence-corrected chi connectivity index (χ0v) is 6.82. The quantitative estimate of drug-likeness (QED) is 0.184. The molecule has 0 heterocycles. The Labute approximate surface area is 74.7 Å². The molecule has 1 aromatic carbocycles. The molecule has 68 valence electrons. The molecule has 0 amide bonds. The Kier molecular flexibility index (Phi) is 2.49. The fourth-order valence-electron chi connectivity index (χ4n) is 0.903. The SMILES string of the molecule is N[NH+]=C(N)c1cccc(C(=O)O)c1. The van der Waals surface area contributed by atoms with E-state index in [0.29, 0.717) is 5.56 Å². The van der Waals surface area contributed by atoms with E-state index in [1.54, 1.807) is 12.1 Å². The van der Waals surface area contributed by atoms with E-state index in [-0.39, 0.29) is 11.4 Å². The van der Waals surface area contributed by atoms with Gasteiger partial charge in [-0.1, -0.05) is 6.07 Å². The number of amidine groups is 1. The van der Waals surface area contributed by atoms with E-state index >= 15 is 0 Å². The number of carboxylic acids is 1. The second-order valence-corrected chi connectivity index (χ2v) is 2.44. The van der Waals surface area contributed by atoms with Gasteiger partial charge in [-0.25, -0.2) is 4.79 Å². The van der Waals surface area contributed by atoms with Crippen LogP contribution in [-0.4, -0.2) is 16.9 Å². The highest BCUT2D eigenvalue weighted by Crippen LogP contribution is 2.03. The standard InChI is InChI=1S/C8H9N3O2/c9-7(11-10)5-2-1-3-6(4-5)8(12)13/h1-4H,10H2,(H2,9,11)(H,12,13)/p+1. The summed E-state index contributed by atoms with van der Waals surface area (Å²) in [6.45, 7) is 0. The second kappa shape index (κ2) is 3.57. The Morgan fingerprint density at radius 1 is 1.38 bits per heavy atom. The van der Waals surface area contributed by atoms with Gasteiger partial charge >= 0.3 is 5.97 Å². The van der Waals surface area contributed by atoms with Crippen LogP contribution in [0.3, 0.4) is 0 Å². The molecule has 0 saturated carbocycles. The first-order valence-corrected chi connectivity index (χ1v) is 3.58. The summed E-state index contributed by atoms with van der Waals surface area (Å²) in [7, 11) is 0. The molecule has 0 aliphatic rings. The van der Waals surface area contributed by atoms with Crippen LogP contribution in [0.2, 0.25) is 0 Å². The smallest absolute Gasteiger partial charge is 0.335 e. The van der Waals surface area contributed by atoms with Crippen LogP contribution in [0, 0.1) is 0 Å². The lowest BCUT2D eigenvalue weighted by atomic mass is 10.1. The first kappa shape index (κ1) is 9.05. The van der Waals surface area contributed by atoms with Gasteiger partial charge in [0.2, 0.25) is 0 Å². The van der Waals surface area contributed by atoms with Gasteiger partial charge in [0, 0.05) is 0 Å². The summed E-state index contributed by atoms with van der Waals surface area (Å²) >= 11 is 0. The Morgan fingerprint density at radius 2 is 2.00 bits per heavy atom. The molecule has 1 rings (SSSR count). The van der Waals surface area contributed by atoms with Crippen LogP contribution < -0.4 is 16.7 Å². The molecule has 0 atom stereocenters. The van der Waals surface area contributed by atoms with E-state index in [2.05, 4.69) is 5.10 Å². The highest BCUT2D eigenvalue weighted by atomic mass is 16.4. The Hall–Kier alpha value is -2.04. The third-order valence-electron chi connectivity index (χ3n) is 1.58. The topological polar surface area (TPSA) is 103 Å². The number of nitrogens with one attached hydrogen (secondary N) is 1. The fourth-order valence-corrected chi connectivity index (χ4v) is 0.903. The zero-order chi connectivity index (χ0) is 9.84. The summed E-state index contributed by atoms with van der Waals surface area (Å²) in [5, 5.41) is 10.9. The molecule has 0 aromatic heterocycles.